The molecule has 1 fully saturated rings. The molecular formula is C17H20ClN3S. The van der Waals surface area contributed by atoms with Crippen LogP contribution in [0.3, 0.4) is 0 Å². The van der Waals surface area contributed by atoms with Gasteiger partial charge in [-0.2, -0.15) is 0 Å². The molecule has 0 bridgehead atoms. The summed E-state index contributed by atoms with van der Waals surface area (Å²) in [6.07, 6.45) is 1.12. The number of hydrogen-bond acceptors (Lipinski definition) is 2. The number of thiophene rings is 1. The number of hydrogen-bond donors (Lipinski definition) is 2. The van der Waals surface area contributed by atoms with Crippen LogP contribution in [-0.2, 0) is 6.54 Å². The fraction of sp³-hybridized carbons (Fsp3) is 0.353. The van der Waals surface area contributed by atoms with Gasteiger partial charge < -0.3 is 10.6 Å². The van der Waals surface area contributed by atoms with E-state index < -0.39 is 0 Å². The average molecular weight is 334 g/mol. The maximum atomic E-state index is 6.06. The molecule has 0 amide bonds. The van der Waals surface area contributed by atoms with E-state index >= 15 is 0 Å². The Bertz CT molecular complexity index is 680. The van der Waals surface area contributed by atoms with Crippen LogP contribution in [0.2, 0.25) is 5.02 Å². The van der Waals surface area contributed by atoms with Gasteiger partial charge in [0.1, 0.15) is 0 Å². The van der Waals surface area contributed by atoms with Crippen molar-refractivity contribution in [1.29, 1.82) is 0 Å². The monoisotopic (exact) mass is 333 g/mol. The number of guanidine groups is 1. The standard InChI is InChI=1S/C17H20ClN3S/c1-11-6-7-14(22-11)10-20-17(19-2)21-16-9-15(16)12-4-3-5-13(18)8-12/h3-8,15-16H,9-10H2,1-2H3,(H2,19,20,21). The number of benzene rings is 1. The van der Waals surface area contributed by atoms with Crippen LogP contribution in [-0.4, -0.2) is 19.0 Å². The van der Waals surface area contributed by atoms with Crippen molar-refractivity contribution in [3.8, 4) is 0 Å². The first kappa shape index (κ1) is 15.4. The van der Waals surface area contributed by atoms with Crippen molar-refractivity contribution in [3.05, 3.63) is 56.7 Å². The topological polar surface area (TPSA) is 36.4 Å². The Kier molecular flexibility index (Phi) is 4.69. The van der Waals surface area contributed by atoms with Crippen molar-refractivity contribution in [3.63, 3.8) is 0 Å². The zero-order chi connectivity index (χ0) is 15.5. The molecule has 2 unspecified atom stereocenters. The Balaban J connectivity index is 1.52. The van der Waals surface area contributed by atoms with Crippen molar-refractivity contribution in [1.82, 2.24) is 10.6 Å². The van der Waals surface area contributed by atoms with Crippen LogP contribution in [0.1, 0.15) is 27.7 Å². The number of rotatable bonds is 4. The minimum absolute atomic E-state index is 0.440. The molecule has 22 heavy (non-hydrogen) atoms. The van der Waals surface area contributed by atoms with Gasteiger partial charge >= 0.3 is 0 Å². The molecular weight excluding hydrogens is 314 g/mol. The summed E-state index contributed by atoms with van der Waals surface area (Å²) in [6.45, 7) is 2.94. The van der Waals surface area contributed by atoms with Gasteiger partial charge in [-0.05, 0) is 43.2 Å². The lowest BCUT2D eigenvalue weighted by Gasteiger charge is -2.11. The maximum Gasteiger partial charge on any atom is 0.191 e. The van der Waals surface area contributed by atoms with Crippen molar-refractivity contribution >= 4 is 28.9 Å². The highest BCUT2D eigenvalue weighted by atomic mass is 35.5. The lowest BCUT2D eigenvalue weighted by molar-refractivity contribution is 0.795. The molecule has 1 aliphatic rings. The molecule has 116 valence electrons. The van der Waals surface area contributed by atoms with E-state index in [-0.39, 0.29) is 0 Å². The van der Waals surface area contributed by atoms with Gasteiger partial charge in [-0.25, -0.2) is 0 Å². The second-order valence-electron chi connectivity index (χ2n) is 5.59. The van der Waals surface area contributed by atoms with Crippen LogP contribution in [0.5, 0.6) is 0 Å². The second kappa shape index (κ2) is 6.71. The molecule has 0 aliphatic heterocycles. The summed E-state index contributed by atoms with van der Waals surface area (Å²) in [5, 5.41) is 7.67. The summed E-state index contributed by atoms with van der Waals surface area (Å²) in [4.78, 5) is 6.97. The maximum absolute atomic E-state index is 6.06. The van der Waals surface area contributed by atoms with Gasteiger partial charge in [0.2, 0.25) is 0 Å². The zero-order valence-corrected chi connectivity index (χ0v) is 14.3. The fourth-order valence-corrected chi connectivity index (χ4v) is 3.61. The number of halogens is 1. The van der Waals surface area contributed by atoms with Crippen LogP contribution in [0.4, 0.5) is 0 Å². The second-order valence-corrected chi connectivity index (χ2v) is 7.40. The highest BCUT2D eigenvalue weighted by Crippen LogP contribution is 2.41. The fourth-order valence-electron chi connectivity index (χ4n) is 2.58. The Morgan fingerprint density at radius 2 is 2.23 bits per heavy atom. The Morgan fingerprint density at radius 1 is 1.36 bits per heavy atom. The van der Waals surface area contributed by atoms with E-state index in [1.807, 2.05) is 30.5 Å². The quantitative estimate of drug-likeness (QED) is 0.657. The van der Waals surface area contributed by atoms with E-state index in [1.54, 1.807) is 0 Å². The lowest BCUT2D eigenvalue weighted by Crippen LogP contribution is -2.38. The molecule has 3 nitrogen and oxygen atoms in total. The minimum atomic E-state index is 0.440. The first-order valence-corrected chi connectivity index (χ1v) is 8.63. The molecule has 1 saturated carbocycles. The Labute approximate surface area is 140 Å². The highest BCUT2D eigenvalue weighted by Gasteiger charge is 2.39. The number of aryl methyl sites for hydroxylation is 1. The molecule has 1 aromatic carbocycles. The zero-order valence-electron chi connectivity index (χ0n) is 12.8. The van der Waals surface area contributed by atoms with E-state index in [0.717, 1.165) is 23.9 Å². The van der Waals surface area contributed by atoms with E-state index in [0.29, 0.717) is 12.0 Å². The largest absolute Gasteiger partial charge is 0.353 e. The van der Waals surface area contributed by atoms with Crippen LogP contribution < -0.4 is 10.6 Å². The molecule has 0 spiro atoms. The first-order chi connectivity index (χ1) is 10.7. The van der Waals surface area contributed by atoms with Gasteiger partial charge in [0.25, 0.3) is 0 Å². The summed E-state index contributed by atoms with van der Waals surface area (Å²) in [7, 11) is 1.81. The molecule has 1 heterocycles. The van der Waals surface area contributed by atoms with E-state index in [9.17, 15) is 0 Å². The first-order valence-electron chi connectivity index (χ1n) is 7.43. The van der Waals surface area contributed by atoms with Crippen molar-refractivity contribution in [2.45, 2.75) is 31.8 Å². The summed E-state index contributed by atoms with van der Waals surface area (Å²) in [6, 6.07) is 12.9. The van der Waals surface area contributed by atoms with E-state index in [4.69, 9.17) is 11.6 Å². The van der Waals surface area contributed by atoms with Crippen LogP contribution in [0, 0.1) is 6.92 Å². The number of aliphatic imine (C=N–C) groups is 1. The lowest BCUT2D eigenvalue weighted by atomic mass is 10.1. The summed E-state index contributed by atoms with van der Waals surface area (Å²) >= 11 is 7.88. The third-order valence-electron chi connectivity index (χ3n) is 3.84. The van der Waals surface area contributed by atoms with Gasteiger partial charge in [0.15, 0.2) is 5.96 Å². The molecule has 2 N–H and O–H groups in total. The summed E-state index contributed by atoms with van der Waals surface area (Å²) in [5.74, 6) is 1.39. The van der Waals surface area contributed by atoms with Gasteiger partial charge in [-0.1, -0.05) is 23.7 Å². The smallest absolute Gasteiger partial charge is 0.191 e. The molecule has 1 aliphatic carbocycles. The van der Waals surface area contributed by atoms with Gasteiger partial charge in [0, 0.05) is 33.8 Å². The molecule has 2 atom stereocenters. The van der Waals surface area contributed by atoms with Crippen molar-refractivity contribution < 1.29 is 0 Å². The predicted molar refractivity (Wildman–Crippen MR) is 95.0 cm³/mol. The van der Waals surface area contributed by atoms with Crippen molar-refractivity contribution in [2.24, 2.45) is 4.99 Å². The average Bonchev–Trinajstić information content (AvgIpc) is 3.16. The SMILES string of the molecule is CN=C(NCc1ccc(C)s1)NC1CC1c1cccc(Cl)c1. The van der Waals surface area contributed by atoms with Gasteiger partial charge in [0.05, 0.1) is 6.54 Å². The third-order valence-corrected chi connectivity index (χ3v) is 5.07. The molecule has 5 heteroatoms. The number of nitrogens with one attached hydrogen (secondary N) is 2. The minimum Gasteiger partial charge on any atom is -0.353 e. The molecule has 0 saturated heterocycles. The Morgan fingerprint density at radius 3 is 2.91 bits per heavy atom. The molecule has 2 aromatic rings. The Hall–Kier alpha value is -1.52. The normalized spacial score (nSPS) is 20.8. The van der Waals surface area contributed by atoms with Crippen LogP contribution in [0.15, 0.2) is 41.4 Å². The summed E-state index contributed by atoms with van der Waals surface area (Å²) in [5.41, 5.74) is 1.30. The van der Waals surface area contributed by atoms with Crippen molar-refractivity contribution in [2.75, 3.05) is 7.05 Å². The summed E-state index contributed by atoms with van der Waals surface area (Å²) < 4.78 is 0. The molecule has 3 rings (SSSR count). The molecule has 0 radical (unpaired) electrons. The van der Waals surface area contributed by atoms with Crippen LogP contribution in [0.25, 0.3) is 0 Å². The highest BCUT2D eigenvalue weighted by molar-refractivity contribution is 7.11. The molecule has 1 aromatic heterocycles. The van der Waals surface area contributed by atoms with Gasteiger partial charge in [-0.15, -0.1) is 11.3 Å². The number of nitrogens with zero attached hydrogens (tertiary/aromatic N) is 1. The van der Waals surface area contributed by atoms with Gasteiger partial charge in [-0.3, -0.25) is 4.99 Å². The third kappa shape index (κ3) is 3.81. The van der Waals surface area contributed by atoms with E-state index in [2.05, 4.69) is 46.8 Å². The van der Waals surface area contributed by atoms with E-state index in [1.165, 1.54) is 15.3 Å². The van der Waals surface area contributed by atoms with Crippen LogP contribution >= 0.6 is 22.9 Å². The predicted octanol–water partition coefficient (Wildman–Crippen LogP) is 3.93.